The molecule has 2 aromatic carbocycles. The lowest BCUT2D eigenvalue weighted by Crippen LogP contribution is -2.41. The van der Waals surface area contributed by atoms with Gasteiger partial charge in [0.05, 0.1) is 6.54 Å². The first kappa shape index (κ1) is 17.5. The summed E-state index contributed by atoms with van der Waals surface area (Å²) in [6.07, 6.45) is 0. The number of ether oxygens (including phenoxy) is 1. The van der Waals surface area contributed by atoms with Gasteiger partial charge in [-0.1, -0.05) is 45.8 Å². The fourth-order valence-corrected chi connectivity index (χ4v) is 3.03. The number of carbonyl (C=O) groups excluding carboxylic acids is 2. The van der Waals surface area contributed by atoms with Gasteiger partial charge >= 0.3 is 6.03 Å². The largest absolute Gasteiger partial charge is 0.492 e. The first-order chi connectivity index (χ1) is 11.9. The lowest BCUT2D eigenvalue weighted by molar-refractivity contribution is -0.131. The standard InChI is InChI=1S/C19H19BrN2O3/c1-13-3-5-14(6-4-13)19(2)17(23)22(18(24)21-19)11-12-25-16-9-7-15(20)8-10-16/h3-10H,11-12H2,1-2H3,(H,21,24)/t19-/m0/s1. The van der Waals surface area contributed by atoms with Gasteiger partial charge in [0.15, 0.2) is 0 Å². The molecule has 25 heavy (non-hydrogen) atoms. The van der Waals surface area contributed by atoms with E-state index in [9.17, 15) is 9.59 Å². The number of rotatable bonds is 5. The molecule has 0 aromatic heterocycles. The average Bonchev–Trinajstić information content (AvgIpc) is 2.81. The number of halogens is 1. The minimum absolute atomic E-state index is 0.197. The molecule has 0 aliphatic carbocycles. The second-order valence-corrected chi connectivity index (χ2v) is 7.10. The molecule has 1 saturated heterocycles. The van der Waals surface area contributed by atoms with Gasteiger partial charge in [-0.25, -0.2) is 4.79 Å². The summed E-state index contributed by atoms with van der Waals surface area (Å²) in [4.78, 5) is 26.3. The Kier molecular flexibility index (Phi) is 4.81. The van der Waals surface area contributed by atoms with Crippen LogP contribution in [-0.4, -0.2) is 30.0 Å². The van der Waals surface area contributed by atoms with Gasteiger partial charge in [0.2, 0.25) is 0 Å². The van der Waals surface area contributed by atoms with Gasteiger partial charge in [-0.15, -0.1) is 0 Å². The van der Waals surface area contributed by atoms with Crippen LogP contribution >= 0.6 is 15.9 Å². The van der Waals surface area contributed by atoms with Gasteiger partial charge in [-0.2, -0.15) is 0 Å². The summed E-state index contributed by atoms with van der Waals surface area (Å²) in [5.41, 5.74) is 0.833. The summed E-state index contributed by atoms with van der Waals surface area (Å²) in [5, 5.41) is 2.80. The maximum absolute atomic E-state index is 12.8. The molecule has 5 nitrogen and oxygen atoms in total. The number of imide groups is 1. The van der Waals surface area contributed by atoms with Crippen molar-refractivity contribution in [2.75, 3.05) is 13.2 Å². The lowest BCUT2D eigenvalue weighted by Gasteiger charge is -2.22. The highest BCUT2D eigenvalue weighted by molar-refractivity contribution is 9.10. The normalized spacial score (nSPS) is 19.9. The summed E-state index contributed by atoms with van der Waals surface area (Å²) in [6, 6.07) is 14.6. The highest BCUT2D eigenvalue weighted by atomic mass is 79.9. The zero-order valence-corrected chi connectivity index (χ0v) is 15.7. The van der Waals surface area contributed by atoms with Crippen LogP contribution in [0.3, 0.4) is 0 Å². The lowest BCUT2D eigenvalue weighted by atomic mass is 9.91. The summed E-state index contributed by atoms with van der Waals surface area (Å²) >= 11 is 3.36. The van der Waals surface area contributed by atoms with Crippen molar-refractivity contribution in [3.63, 3.8) is 0 Å². The zero-order chi connectivity index (χ0) is 18.0. The average molecular weight is 403 g/mol. The highest BCUT2D eigenvalue weighted by Gasteiger charge is 2.48. The smallest absolute Gasteiger partial charge is 0.325 e. The number of carbonyl (C=O) groups is 2. The SMILES string of the molecule is Cc1ccc([C@]2(C)NC(=O)N(CCOc3ccc(Br)cc3)C2=O)cc1. The topological polar surface area (TPSA) is 58.6 Å². The van der Waals surface area contributed by atoms with Crippen LogP contribution in [0.4, 0.5) is 4.79 Å². The summed E-state index contributed by atoms with van der Waals surface area (Å²) < 4.78 is 6.58. The second kappa shape index (κ2) is 6.88. The number of aryl methyl sites for hydroxylation is 1. The van der Waals surface area contributed by atoms with Crippen LogP contribution in [0.25, 0.3) is 0 Å². The third kappa shape index (κ3) is 3.54. The highest BCUT2D eigenvalue weighted by Crippen LogP contribution is 2.29. The van der Waals surface area contributed by atoms with Gasteiger partial charge in [0, 0.05) is 4.47 Å². The summed E-state index contributed by atoms with van der Waals surface area (Å²) in [6.45, 7) is 4.15. The monoisotopic (exact) mass is 402 g/mol. The summed E-state index contributed by atoms with van der Waals surface area (Å²) in [7, 11) is 0. The van der Waals surface area contributed by atoms with Crippen LogP contribution in [0.15, 0.2) is 53.0 Å². The van der Waals surface area contributed by atoms with Gasteiger partial charge in [0.1, 0.15) is 17.9 Å². The molecule has 1 fully saturated rings. The van der Waals surface area contributed by atoms with Crippen LogP contribution in [0.1, 0.15) is 18.1 Å². The molecule has 3 rings (SSSR count). The van der Waals surface area contributed by atoms with Crippen molar-refractivity contribution in [1.29, 1.82) is 0 Å². The van der Waals surface area contributed by atoms with Crippen LogP contribution in [0, 0.1) is 6.92 Å². The maximum atomic E-state index is 12.8. The van der Waals surface area contributed by atoms with Gasteiger partial charge < -0.3 is 10.1 Å². The van der Waals surface area contributed by atoms with Crippen molar-refractivity contribution in [3.8, 4) is 5.75 Å². The molecule has 1 N–H and O–H groups in total. The van der Waals surface area contributed by atoms with E-state index < -0.39 is 11.6 Å². The Hall–Kier alpha value is -2.34. The van der Waals surface area contributed by atoms with E-state index in [2.05, 4.69) is 21.2 Å². The number of nitrogens with zero attached hydrogens (tertiary/aromatic N) is 1. The first-order valence-corrected chi connectivity index (χ1v) is 8.79. The van der Waals surface area contributed by atoms with E-state index >= 15 is 0 Å². The van der Waals surface area contributed by atoms with Crippen LogP contribution in [0.5, 0.6) is 5.75 Å². The van der Waals surface area contributed by atoms with E-state index in [1.807, 2.05) is 55.5 Å². The fourth-order valence-electron chi connectivity index (χ4n) is 2.77. The Morgan fingerprint density at radius 3 is 2.36 bits per heavy atom. The molecule has 0 radical (unpaired) electrons. The third-order valence-electron chi connectivity index (χ3n) is 4.30. The van der Waals surface area contributed by atoms with Crippen molar-refractivity contribution >= 4 is 27.9 Å². The molecule has 1 aliphatic heterocycles. The van der Waals surface area contributed by atoms with Crippen molar-refractivity contribution in [2.24, 2.45) is 0 Å². The molecular weight excluding hydrogens is 384 g/mol. The van der Waals surface area contributed by atoms with Crippen molar-refractivity contribution in [3.05, 3.63) is 64.1 Å². The van der Waals surface area contributed by atoms with Gasteiger partial charge in [0.25, 0.3) is 5.91 Å². The third-order valence-corrected chi connectivity index (χ3v) is 4.83. The molecule has 3 amide bonds. The number of hydrogen-bond donors (Lipinski definition) is 1. The van der Waals surface area contributed by atoms with Gasteiger partial charge in [-0.05, 0) is 43.7 Å². The quantitative estimate of drug-likeness (QED) is 0.777. The molecule has 1 atom stereocenters. The predicted octanol–water partition coefficient (Wildman–Crippen LogP) is 3.60. The van der Waals surface area contributed by atoms with Crippen LogP contribution in [-0.2, 0) is 10.3 Å². The molecule has 0 bridgehead atoms. The molecule has 1 heterocycles. The molecule has 1 aliphatic rings. The number of nitrogens with one attached hydrogen (secondary N) is 1. The fraction of sp³-hybridized carbons (Fsp3) is 0.263. The molecule has 130 valence electrons. The minimum Gasteiger partial charge on any atom is -0.492 e. The molecule has 2 aromatic rings. The van der Waals surface area contributed by atoms with E-state index in [0.29, 0.717) is 5.75 Å². The Morgan fingerprint density at radius 2 is 1.72 bits per heavy atom. The number of urea groups is 1. The number of benzene rings is 2. The second-order valence-electron chi connectivity index (χ2n) is 6.18. The molecule has 0 saturated carbocycles. The molecule has 6 heteroatoms. The Labute approximate surface area is 155 Å². The van der Waals surface area contributed by atoms with Crippen molar-refractivity contribution in [1.82, 2.24) is 10.2 Å². The first-order valence-electron chi connectivity index (χ1n) is 8.00. The summed E-state index contributed by atoms with van der Waals surface area (Å²) in [5.74, 6) is 0.428. The van der Waals surface area contributed by atoms with E-state index in [-0.39, 0.29) is 19.1 Å². The van der Waals surface area contributed by atoms with E-state index in [0.717, 1.165) is 15.6 Å². The van der Waals surface area contributed by atoms with Gasteiger partial charge in [-0.3, -0.25) is 9.69 Å². The minimum atomic E-state index is -1.04. The zero-order valence-electron chi connectivity index (χ0n) is 14.1. The van der Waals surface area contributed by atoms with Crippen LogP contribution < -0.4 is 10.1 Å². The molecule has 0 unspecified atom stereocenters. The number of hydrogen-bond acceptors (Lipinski definition) is 3. The van der Waals surface area contributed by atoms with E-state index in [4.69, 9.17) is 4.74 Å². The van der Waals surface area contributed by atoms with Crippen LogP contribution in [0.2, 0.25) is 0 Å². The predicted molar refractivity (Wildman–Crippen MR) is 98.4 cm³/mol. The number of amides is 3. The van der Waals surface area contributed by atoms with Crippen molar-refractivity contribution in [2.45, 2.75) is 19.4 Å². The molecular formula is C19H19BrN2O3. The Bertz CT molecular complexity index is 789. The maximum Gasteiger partial charge on any atom is 0.325 e. The Morgan fingerprint density at radius 1 is 1.08 bits per heavy atom. The Balaban J connectivity index is 1.66. The molecule has 0 spiro atoms. The van der Waals surface area contributed by atoms with E-state index in [1.165, 1.54) is 4.90 Å². The van der Waals surface area contributed by atoms with Crippen molar-refractivity contribution < 1.29 is 14.3 Å². The van der Waals surface area contributed by atoms with E-state index in [1.54, 1.807) is 6.92 Å².